The first-order valence-electron chi connectivity index (χ1n) is 7.30. The predicted molar refractivity (Wildman–Crippen MR) is 85.8 cm³/mol. The van der Waals surface area contributed by atoms with E-state index in [1.54, 1.807) is 0 Å². The van der Waals surface area contributed by atoms with Gasteiger partial charge in [-0.2, -0.15) is 0 Å². The van der Waals surface area contributed by atoms with Crippen molar-refractivity contribution >= 4 is 5.97 Å². The minimum atomic E-state index is -0.369. The van der Waals surface area contributed by atoms with Crippen LogP contribution in [0.1, 0.15) is 17.9 Å². The second-order valence-corrected chi connectivity index (χ2v) is 5.47. The van der Waals surface area contributed by atoms with Crippen LogP contribution >= 0.6 is 0 Å². The molecule has 0 aromatic heterocycles. The highest BCUT2D eigenvalue weighted by Gasteiger charge is 2.41. The van der Waals surface area contributed by atoms with E-state index in [1.807, 2.05) is 30.4 Å². The van der Waals surface area contributed by atoms with Crippen LogP contribution in [-0.2, 0) is 9.53 Å². The Morgan fingerprint density at radius 2 is 1.81 bits per heavy atom. The Balaban J connectivity index is 2.26. The van der Waals surface area contributed by atoms with Crippen molar-refractivity contribution in [2.24, 2.45) is 17.8 Å². The number of rotatable bonds is 6. The monoisotopic (exact) mass is 282 g/mol. The van der Waals surface area contributed by atoms with Crippen LogP contribution in [0.15, 0.2) is 68.3 Å². The highest BCUT2D eigenvalue weighted by molar-refractivity contribution is 5.81. The first-order chi connectivity index (χ1) is 10.2. The van der Waals surface area contributed by atoms with Crippen LogP contribution in [-0.4, -0.2) is 12.6 Å². The lowest BCUT2D eigenvalue weighted by atomic mass is 9.82. The number of carbonyl (C=O) groups is 1. The number of allylic oxidation sites excluding steroid dienone is 2. The lowest BCUT2D eigenvalue weighted by Gasteiger charge is -2.25. The molecule has 1 fully saturated rings. The standard InChI is InChI=1S/C19H22O2/c1-4-14-12-15(5-2)19(16-10-8-7-9-11-16)17(14)13-21-18(20)6-3/h4-11,14-15,17,19H,1-3,12-13H2/t14-,15+,17-,19+/m1/s1. The number of hydrogen-bond donors (Lipinski definition) is 0. The minimum Gasteiger partial charge on any atom is -0.462 e. The van der Waals surface area contributed by atoms with E-state index in [-0.39, 0.29) is 11.9 Å². The fraction of sp³-hybridized carbons (Fsp3) is 0.316. The van der Waals surface area contributed by atoms with Crippen LogP contribution < -0.4 is 0 Å². The van der Waals surface area contributed by atoms with Crippen molar-refractivity contribution in [2.75, 3.05) is 6.61 Å². The van der Waals surface area contributed by atoms with E-state index < -0.39 is 0 Å². The van der Waals surface area contributed by atoms with Crippen molar-refractivity contribution in [1.29, 1.82) is 0 Å². The van der Waals surface area contributed by atoms with Crippen LogP contribution in [0.2, 0.25) is 0 Å². The Bertz CT molecular complexity index is 518. The molecule has 21 heavy (non-hydrogen) atoms. The Labute approximate surface area is 126 Å². The SMILES string of the molecule is C=CC(=O)OC[C@H]1[C@H](c2ccccc2)[C@@H](C=C)C[C@H]1C=C. The lowest BCUT2D eigenvalue weighted by Crippen LogP contribution is -2.22. The molecule has 0 amide bonds. The average molecular weight is 282 g/mol. The summed E-state index contributed by atoms with van der Waals surface area (Å²) in [5.41, 5.74) is 1.27. The smallest absolute Gasteiger partial charge is 0.330 e. The summed E-state index contributed by atoms with van der Waals surface area (Å²) in [6.45, 7) is 11.8. The van der Waals surface area contributed by atoms with Crippen molar-refractivity contribution in [3.63, 3.8) is 0 Å². The molecule has 2 heteroatoms. The largest absolute Gasteiger partial charge is 0.462 e. The van der Waals surface area contributed by atoms with Crippen molar-refractivity contribution < 1.29 is 9.53 Å². The van der Waals surface area contributed by atoms with E-state index in [4.69, 9.17) is 4.74 Å². The summed E-state index contributed by atoms with van der Waals surface area (Å²) >= 11 is 0. The molecule has 4 atom stereocenters. The summed E-state index contributed by atoms with van der Waals surface area (Å²) in [5, 5.41) is 0. The van der Waals surface area contributed by atoms with Crippen molar-refractivity contribution in [3.8, 4) is 0 Å². The van der Waals surface area contributed by atoms with Gasteiger partial charge < -0.3 is 4.74 Å². The molecule has 0 aliphatic heterocycles. The molecule has 1 saturated carbocycles. The van der Waals surface area contributed by atoms with Crippen molar-refractivity contribution in [1.82, 2.24) is 0 Å². The van der Waals surface area contributed by atoms with Crippen LogP contribution in [0.25, 0.3) is 0 Å². The minimum absolute atomic E-state index is 0.233. The van der Waals surface area contributed by atoms with Gasteiger partial charge in [0.15, 0.2) is 0 Å². The van der Waals surface area contributed by atoms with E-state index in [0.29, 0.717) is 24.4 Å². The zero-order valence-corrected chi connectivity index (χ0v) is 12.3. The summed E-state index contributed by atoms with van der Waals surface area (Å²) in [6.07, 6.45) is 6.21. The molecule has 1 aliphatic carbocycles. The fourth-order valence-electron chi connectivity index (χ4n) is 3.37. The Morgan fingerprint density at radius 3 is 2.38 bits per heavy atom. The number of benzene rings is 1. The summed E-state index contributed by atoms with van der Waals surface area (Å²) in [6, 6.07) is 10.4. The third-order valence-electron chi connectivity index (χ3n) is 4.39. The van der Waals surface area contributed by atoms with E-state index >= 15 is 0 Å². The molecule has 1 aliphatic rings. The lowest BCUT2D eigenvalue weighted by molar-refractivity contribution is -0.139. The molecule has 2 nitrogen and oxygen atoms in total. The maximum Gasteiger partial charge on any atom is 0.330 e. The Kier molecular flexibility index (Phi) is 5.15. The van der Waals surface area contributed by atoms with Gasteiger partial charge in [-0.05, 0) is 29.7 Å². The molecule has 0 saturated heterocycles. The maximum atomic E-state index is 11.4. The highest BCUT2D eigenvalue weighted by atomic mass is 16.5. The first-order valence-corrected chi connectivity index (χ1v) is 7.30. The molecule has 0 heterocycles. The quantitative estimate of drug-likeness (QED) is 0.445. The van der Waals surface area contributed by atoms with Gasteiger partial charge in [0.2, 0.25) is 0 Å². The number of ether oxygens (including phenoxy) is 1. The van der Waals surface area contributed by atoms with Gasteiger partial charge in [0, 0.05) is 12.0 Å². The fourth-order valence-corrected chi connectivity index (χ4v) is 3.37. The van der Waals surface area contributed by atoms with Gasteiger partial charge in [0.1, 0.15) is 0 Å². The summed E-state index contributed by atoms with van der Waals surface area (Å²) in [4.78, 5) is 11.4. The van der Waals surface area contributed by atoms with Gasteiger partial charge in [-0.15, -0.1) is 13.2 Å². The zero-order valence-electron chi connectivity index (χ0n) is 12.3. The molecule has 0 N–H and O–H groups in total. The Hall–Kier alpha value is -2.09. The summed E-state index contributed by atoms with van der Waals surface area (Å²) in [5.74, 6) is 0.881. The predicted octanol–water partition coefficient (Wildman–Crippen LogP) is 4.12. The number of hydrogen-bond acceptors (Lipinski definition) is 2. The molecule has 110 valence electrons. The zero-order chi connectivity index (χ0) is 15.2. The first kappa shape index (κ1) is 15.3. The van der Waals surface area contributed by atoms with Crippen molar-refractivity contribution in [2.45, 2.75) is 12.3 Å². The highest BCUT2D eigenvalue weighted by Crippen LogP contribution is 2.48. The van der Waals surface area contributed by atoms with E-state index in [0.717, 1.165) is 6.42 Å². The topological polar surface area (TPSA) is 26.3 Å². The average Bonchev–Trinajstić information content (AvgIpc) is 2.91. The van der Waals surface area contributed by atoms with Crippen LogP contribution in [0.5, 0.6) is 0 Å². The second-order valence-electron chi connectivity index (χ2n) is 5.47. The third-order valence-corrected chi connectivity index (χ3v) is 4.39. The van der Waals surface area contributed by atoms with Crippen LogP contribution in [0, 0.1) is 17.8 Å². The van der Waals surface area contributed by atoms with Crippen LogP contribution in [0.4, 0.5) is 0 Å². The molecule has 1 aromatic rings. The van der Waals surface area contributed by atoms with Gasteiger partial charge in [0.25, 0.3) is 0 Å². The van der Waals surface area contributed by atoms with Gasteiger partial charge in [0.05, 0.1) is 6.61 Å². The molecule has 0 radical (unpaired) electrons. The van der Waals surface area contributed by atoms with Gasteiger partial charge in [-0.3, -0.25) is 0 Å². The van der Waals surface area contributed by atoms with Gasteiger partial charge >= 0.3 is 5.97 Å². The second kappa shape index (κ2) is 7.07. The summed E-state index contributed by atoms with van der Waals surface area (Å²) < 4.78 is 5.31. The van der Waals surface area contributed by atoms with E-state index in [1.165, 1.54) is 11.6 Å². The molecular formula is C19H22O2. The molecule has 2 rings (SSSR count). The van der Waals surface area contributed by atoms with E-state index in [2.05, 4.69) is 31.9 Å². The number of esters is 1. The summed E-state index contributed by atoms with van der Waals surface area (Å²) in [7, 11) is 0. The normalized spacial score (nSPS) is 27.8. The van der Waals surface area contributed by atoms with Gasteiger partial charge in [-0.25, -0.2) is 4.79 Å². The molecule has 0 unspecified atom stereocenters. The number of carbonyl (C=O) groups excluding carboxylic acids is 1. The molecule has 0 bridgehead atoms. The maximum absolute atomic E-state index is 11.4. The Morgan fingerprint density at radius 1 is 1.14 bits per heavy atom. The van der Waals surface area contributed by atoms with Crippen molar-refractivity contribution in [3.05, 3.63) is 73.9 Å². The molecule has 1 aromatic carbocycles. The van der Waals surface area contributed by atoms with Gasteiger partial charge in [-0.1, -0.05) is 49.1 Å². The van der Waals surface area contributed by atoms with E-state index in [9.17, 15) is 4.79 Å². The molecular weight excluding hydrogens is 260 g/mol. The third kappa shape index (κ3) is 3.33. The van der Waals surface area contributed by atoms with Crippen LogP contribution in [0.3, 0.4) is 0 Å². The molecule has 0 spiro atoms.